The number of carbonyl (C=O) groups excluding carboxylic acids is 1. The third-order valence-electron chi connectivity index (χ3n) is 2.79. The van der Waals surface area contributed by atoms with Crippen molar-refractivity contribution in [3.05, 3.63) is 35.4 Å². The van der Waals surface area contributed by atoms with Crippen molar-refractivity contribution < 1.29 is 10.0 Å². The Hall–Kier alpha value is -1.99. The van der Waals surface area contributed by atoms with Gasteiger partial charge in [0.25, 0.3) is 0 Å². The maximum absolute atomic E-state index is 11.2. The second kappa shape index (κ2) is 6.81. The van der Waals surface area contributed by atoms with Crippen LogP contribution in [0.15, 0.2) is 24.3 Å². The van der Waals surface area contributed by atoms with E-state index in [1.54, 1.807) is 6.92 Å². The van der Waals surface area contributed by atoms with Crippen molar-refractivity contribution in [2.24, 2.45) is 0 Å². The summed E-state index contributed by atoms with van der Waals surface area (Å²) in [4.78, 5) is 11.2. The molecule has 102 valence electrons. The molecule has 0 aliphatic rings. The molecule has 1 aromatic rings. The smallest absolute Gasteiger partial charge is 0.339 e. The molecule has 0 aliphatic carbocycles. The van der Waals surface area contributed by atoms with Crippen molar-refractivity contribution in [3.63, 3.8) is 0 Å². The molecule has 2 amide bonds. The van der Waals surface area contributed by atoms with E-state index in [0.29, 0.717) is 11.0 Å². The van der Waals surface area contributed by atoms with Crippen molar-refractivity contribution in [1.82, 2.24) is 10.4 Å². The van der Waals surface area contributed by atoms with Crippen LogP contribution in [0, 0.1) is 11.8 Å². The molecule has 4 heteroatoms. The summed E-state index contributed by atoms with van der Waals surface area (Å²) in [7, 11) is 1.45. The number of carbonyl (C=O) groups is 1. The standard InChI is InChI=1S/C15H20N2O2/c1-11(2)14-9-7-13(8-10-14)6-5-12(3)17(19)15(18)16-4/h7-12,19H,1-4H3,(H,16,18). The maximum Gasteiger partial charge on any atom is 0.342 e. The summed E-state index contributed by atoms with van der Waals surface area (Å²) < 4.78 is 0. The molecule has 1 aromatic carbocycles. The summed E-state index contributed by atoms with van der Waals surface area (Å²) in [6.07, 6.45) is 0. The first-order valence-electron chi connectivity index (χ1n) is 6.27. The van der Waals surface area contributed by atoms with Gasteiger partial charge in [-0.1, -0.05) is 37.8 Å². The molecule has 1 atom stereocenters. The lowest BCUT2D eigenvalue weighted by atomic mass is 10.0. The van der Waals surface area contributed by atoms with Gasteiger partial charge in [-0.25, -0.2) is 4.79 Å². The van der Waals surface area contributed by atoms with Gasteiger partial charge >= 0.3 is 6.03 Å². The van der Waals surface area contributed by atoms with Crippen LogP contribution in [-0.2, 0) is 0 Å². The first kappa shape index (κ1) is 15.1. The number of hydroxylamine groups is 2. The minimum absolute atomic E-state index is 0.488. The highest BCUT2D eigenvalue weighted by Crippen LogP contribution is 2.14. The number of benzene rings is 1. The zero-order chi connectivity index (χ0) is 14.4. The minimum atomic E-state index is -0.572. The van der Waals surface area contributed by atoms with Crippen LogP contribution in [0.5, 0.6) is 0 Å². The Balaban J connectivity index is 2.74. The zero-order valence-corrected chi connectivity index (χ0v) is 11.8. The van der Waals surface area contributed by atoms with Gasteiger partial charge in [0.05, 0.1) is 0 Å². The predicted octanol–water partition coefficient (Wildman–Crippen LogP) is 2.58. The second-order valence-corrected chi connectivity index (χ2v) is 4.62. The fourth-order valence-electron chi connectivity index (χ4n) is 1.49. The molecule has 0 fully saturated rings. The Labute approximate surface area is 114 Å². The molecule has 0 spiro atoms. The van der Waals surface area contributed by atoms with Crippen LogP contribution < -0.4 is 5.32 Å². The highest BCUT2D eigenvalue weighted by molar-refractivity contribution is 5.73. The molecule has 0 saturated heterocycles. The Morgan fingerprint density at radius 2 is 1.84 bits per heavy atom. The quantitative estimate of drug-likeness (QED) is 0.488. The molecule has 4 nitrogen and oxygen atoms in total. The molecule has 0 saturated carbocycles. The number of hydrogen-bond acceptors (Lipinski definition) is 2. The summed E-state index contributed by atoms with van der Waals surface area (Å²) in [5.74, 6) is 6.25. The lowest BCUT2D eigenvalue weighted by Crippen LogP contribution is -2.40. The van der Waals surface area contributed by atoms with Crippen LogP contribution in [0.3, 0.4) is 0 Å². The average Bonchev–Trinajstić information content (AvgIpc) is 2.43. The van der Waals surface area contributed by atoms with Crippen molar-refractivity contribution in [3.8, 4) is 11.8 Å². The van der Waals surface area contributed by atoms with Crippen LogP contribution in [0.1, 0.15) is 37.8 Å². The van der Waals surface area contributed by atoms with Gasteiger partial charge in [0.2, 0.25) is 0 Å². The average molecular weight is 260 g/mol. The fraction of sp³-hybridized carbons (Fsp3) is 0.400. The summed E-state index contributed by atoms with van der Waals surface area (Å²) >= 11 is 0. The third-order valence-corrected chi connectivity index (χ3v) is 2.79. The van der Waals surface area contributed by atoms with E-state index in [2.05, 4.69) is 31.0 Å². The number of nitrogens with zero attached hydrogens (tertiary/aromatic N) is 1. The van der Waals surface area contributed by atoms with E-state index < -0.39 is 12.1 Å². The molecule has 0 bridgehead atoms. The summed E-state index contributed by atoms with van der Waals surface area (Å²) in [5.41, 5.74) is 2.12. The molecule has 0 heterocycles. The van der Waals surface area contributed by atoms with Crippen molar-refractivity contribution in [1.29, 1.82) is 0 Å². The largest absolute Gasteiger partial charge is 0.342 e. The first-order chi connectivity index (χ1) is 8.95. The molecular weight excluding hydrogens is 240 g/mol. The van der Waals surface area contributed by atoms with E-state index in [4.69, 9.17) is 0 Å². The van der Waals surface area contributed by atoms with E-state index in [1.807, 2.05) is 24.3 Å². The van der Waals surface area contributed by atoms with Gasteiger partial charge in [0.15, 0.2) is 0 Å². The topological polar surface area (TPSA) is 52.6 Å². The van der Waals surface area contributed by atoms with Gasteiger partial charge < -0.3 is 5.32 Å². The SMILES string of the molecule is CNC(=O)N(O)C(C)C#Cc1ccc(C(C)C)cc1. The van der Waals surface area contributed by atoms with Crippen molar-refractivity contribution in [2.75, 3.05) is 7.05 Å². The molecule has 19 heavy (non-hydrogen) atoms. The summed E-state index contributed by atoms with van der Waals surface area (Å²) in [6.45, 7) is 5.93. The minimum Gasteiger partial charge on any atom is -0.339 e. The Kier molecular flexibility index (Phi) is 5.40. The van der Waals surface area contributed by atoms with Gasteiger partial charge in [0, 0.05) is 12.6 Å². The number of hydrogen-bond donors (Lipinski definition) is 2. The molecule has 0 aromatic heterocycles. The monoisotopic (exact) mass is 260 g/mol. The molecular formula is C15H20N2O2. The van der Waals surface area contributed by atoms with Gasteiger partial charge in [-0.3, -0.25) is 5.21 Å². The first-order valence-corrected chi connectivity index (χ1v) is 6.27. The number of amides is 2. The molecule has 0 radical (unpaired) electrons. The van der Waals surface area contributed by atoms with E-state index in [-0.39, 0.29) is 0 Å². The zero-order valence-electron chi connectivity index (χ0n) is 11.8. The normalized spacial score (nSPS) is 11.5. The van der Waals surface area contributed by atoms with E-state index in [9.17, 15) is 10.0 Å². The summed E-state index contributed by atoms with van der Waals surface area (Å²) in [6, 6.07) is 6.82. The van der Waals surface area contributed by atoms with E-state index >= 15 is 0 Å². The van der Waals surface area contributed by atoms with E-state index in [0.717, 1.165) is 5.56 Å². The van der Waals surface area contributed by atoms with Crippen LogP contribution >= 0.6 is 0 Å². The van der Waals surface area contributed by atoms with Crippen LogP contribution in [0.25, 0.3) is 0 Å². The van der Waals surface area contributed by atoms with E-state index in [1.165, 1.54) is 12.6 Å². The van der Waals surface area contributed by atoms with Gasteiger partial charge in [-0.2, -0.15) is 5.06 Å². The second-order valence-electron chi connectivity index (χ2n) is 4.62. The maximum atomic E-state index is 11.2. The van der Waals surface area contributed by atoms with Gasteiger partial charge in [-0.15, -0.1) is 0 Å². The number of nitrogens with one attached hydrogen (secondary N) is 1. The highest BCUT2D eigenvalue weighted by atomic mass is 16.5. The molecule has 1 unspecified atom stereocenters. The highest BCUT2D eigenvalue weighted by Gasteiger charge is 2.13. The van der Waals surface area contributed by atoms with Gasteiger partial charge in [0.1, 0.15) is 6.04 Å². The van der Waals surface area contributed by atoms with Crippen LogP contribution in [-0.4, -0.2) is 29.4 Å². The Morgan fingerprint density at radius 1 is 1.26 bits per heavy atom. The Bertz CT molecular complexity index is 483. The molecule has 1 rings (SSSR count). The molecule has 2 N–H and O–H groups in total. The fourth-order valence-corrected chi connectivity index (χ4v) is 1.49. The Morgan fingerprint density at radius 3 is 2.32 bits per heavy atom. The van der Waals surface area contributed by atoms with Crippen molar-refractivity contribution in [2.45, 2.75) is 32.7 Å². The molecule has 0 aliphatic heterocycles. The predicted molar refractivity (Wildman–Crippen MR) is 75.0 cm³/mol. The number of rotatable bonds is 2. The van der Waals surface area contributed by atoms with Crippen LogP contribution in [0.4, 0.5) is 4.79 Å². The lowest BCUT2D eigenvalue weighted by Gasteiger charge is -2.16. The van der Waals surface area contributed by atoms with Gasteiger partial charge in [-0.05, 0) is 30.5 Å². The third kappa shape index (κ3) is 4.31. The van der Waals surface area contributed by atoms with Crippen LogP contribution in [0.2, 0.25) is 0 Å². The summed E-state index contributed by atoms with van der Waals surface area (Å²) in [5, 5.41) is 12.4. The lowest BCUT2D eigenvalue weighted by molar-refractivity contribution is -0.0566. The number of urea groups is 1. The van der Waals surface area contributed by atoms with Crippen molar-refractivity contribution >= 4 is 6.03 Å².